The standard InChI is InChI=1S/C14H8N2OS/c1-3-7-11-9(5-1)13-14(16-17-15-13)10-6-2-4-8-12(10)18-11/h1-8H. The second-order valence-electron chi connectivity index (χ2n) is 4.06. The van der Waals surface area contributed by atoms with Gasteiger partial charge in [-0.15, -0.1) is 0 Å². The number of fused-ring (bicyclic) bond motifs is 5. The van der Waals surface area contributed by atoms with Gasteiger partial charge in [0.1, 0.15) is 11.4 Å². The average molecular weight is 252 g/mol. The Balaban J connectivity index is 2.12. The summed E-state index contributed by atoms with van der Waals surface area (Å²) < 4.78 is 4.93. The van der Waals surface area contributed by atoms with Crippen LogP contribution in [-0.2, 0) is 0 Å². The molecule has 0 atom stereocenters. The average Bonchev–Trinajstić information content (AvgIpc) is 2.84. The third-order valence-corrected chi connectivity index (χ3v) is 4.14. The molecule has 0 amide bonds. The van der Waals surface area contributed by atoms with E-state index in [9.17, 15) is 0 Å². The summed E-state index contributed by atoms with van der Waals surface area (Å²) in [5.41, 5.74) is 3.80. The summed E-state index contributed by atoms with van der Waals surface area (Å²) in [5.74, 6) is 0. The van der Waals surface area contributed by atoms with Crippen LogP contribution in [0.2, 0.25) is 0 Å². The van der Waals surface area contributed by atoms with E-state index in [2.05, 4.69) is 34.6 Å². The molecule has 0 aliphatic carbocycles. The van der Waals surface area contributed by atoms with E-state index >= 15 is 0 Å². The van der Waals surface area contributed by atoms with Gasteiger partial charge in [-0.1, -0.05) is 48.2 Å². The Labute approximate surface area is 108 Å². The molecule has 1 aliphatic heterocycles. The number of nitrogens with zero attached hydrogens (tertiary/aromatic N) is 2. The van der Waals surface area contributed by atoms with Crippen LogP contribution in [0.15, 0.2) is 63.0 Å². The lowest BCUT2D eigenvalue weighted by Gasteiger charge is -2.04. The molecule has 4 rings (SSSR count). The van der Waals surface area contributed by atoms with Gasteiger partial charge in [0.2, 0.25) is 0 Å². The molecule has 0 unspecified atom stereocenters. The first-order chi connectivity index (χ1) is 8.93. The molecule has 0 N–H and O–H groups in total. The van der Waals surface area contributed by atoms with E-state index in [4.69, 9.17) is 4.63 Å². The van der Waals surface area contributed by atoms with Crippen LogP contribution < -0.4 is 0 Å². The van der Waals surface area contributed by atoms with Crippen LogP contribution in [0.25, 0.3) is 22.5 Å². The first-order valence-electron chi connectivity index (χ1n) is 5.63. The van der Waals surface area contributed by atoms with Crippen molar-refractivity contribution in [2.24, 2.45) is 0 Å². The fourth-order valence-corrected chi connectivity index (χ4v) is 3.24. The van der Waals surface area contributed by atoms with Gasteiger partial charge in [0.15, 0.2) is 0 Å². The van der Waals surface area contributed by atoms with E-state index in [-0.39, 0.29) is 0 Å². The van der Waals surface area contributed by atoms with Crippen molar-refractivity contribution in [2.75, 3.05) is 0 Å². The fourth-order valence-electron chi connectivity index (χ4n) is 2.16. The molecule has 0 saturated heterocycles. The van der Waals surface area contributed by atoms with Crippen molar-refractivity contribution >= 4 is 11.8 Å². The van der Waals surface area contributed by atoms with E-state index in [0.717, 1.165) is 22.5 Å². The van der Waals surface area contributed by atoms with Crippen molar-refractivity contribution in [2.45, 2.75) is 9.79 Å². The van der Waals surface area contributed by atoms with Crippen molar-refractivity contribution < 1.29 is 4.63 Å². The van der Waals surface area contributed by atoms with Crippen LogP contribution in [0, 0.1) is 0 Å². The van der Waals surface area contributed by atoms with Gasteiger partial charge in [-0.2, -0.15) is 0 Å². The molecule has 0 saturated carbocycles. The van der Waals surface area contributed by atoms with Crippen LogP contribution >= 0.6 is 11.8 Å². The maximum atomic E-state index is 4.93. The molecule has 0 fully saturated rings. The van der Waals surface area contributed by atoms with Gasteiger partial charge >= 0.3 is 0 Å². The molecule has 2 heterocycles. The summed E-state index contributed by atoms with van der Waals surface area (Å²) >= 11 is 1.74. The van der Waals surface area contributed by atoms with Crippen LogP contribution in [-0.4, -0.2) is 10.3 Å². The first kappa shape index (κ1) is 9.91. The third-order valence-electron chi connectivity index (χ3n) is 2.99. The van der Waals surface area contributed by atoms with Gasteiger partial charge in [0, 0.05) is 20.9 Å². The second-order valence-corrected chi connectivity index (χ2v) is 5.14. The number of aromatic nitrogens is 2. The van der Waals surface area contributed by atoms with Crippen LogP contribution in [0.1, 0.15) is 0 Å². The summed E-state index contributed by atoms with van der Waals surface area (Å²) in [6, 6.07) is 16.4. The number of hydrogen-bond acceptors (Lipinski definition) is 4. The van der Waals surface area contributed by atoms with Crippen molar-refractivity contribution in [3.63, 3.8) is 0 Å². The van der Waals surface area contributed by atoms with Gasteiger partial charge in [-0.3, -0.25) is 0 Å². The summed E-state index contributed by atoms with van der Waals surface area (Å²) in [5, 5.41) is 8.12. The van der Waals surface area contributed by atoms with E-state index in [1.807, 2.05) is 24.3 Å². The van der Waals surface area contributed by atoms with E-state index < -0.39 is 0 Å². The van der Waals surface area contributed by atoms with Gasteiger partial charge < -0.3 is 0 Å². The minimum absolute atomic E-state index is 0.822. The second kappa shape index (κ2) is 3.71. The molecule has 0 radical (unpaired) electrons. The van der Waals surface area contributed by atoms with E-state index in [1.54, 1.807) is 11.8 Å². The normalized spacial score (nSPS) is 12.2. The number of hydrogen-bond donors (Lipinski definition) is 0. The summed E-state index contributed by atoms with van der Waals surface area (Å²) in [7, 11) is 0. The zero-order chi connectivity index (χ0) is 11.9. The monoisotopic (exact) mass is 252 g/mol. The Morgan fingerprint density at radius 3 is 1.78 bits per heavy atom. The lowest BCUT2D eigenvalue weighted by molar-refractivity contribution is 0.309. The molecule has 18 heavy (non-hydrogen) atoms. The predicted molar refractivity (Wildman–Crippen MR) is 69.3 cm³/mol. The Bertz CT molecular complexity index is 676. The molecule has 86 valence electrons. The Morgan fingerprint density at radius 1 is 0.722 bits per heavy atom. The van der Waals surface area contributed by atoms with Crippen molar-refractivity contribution in [3.8, 4) is 22.5 Å². The highest BCUT2D eigenvalue weighted by Crippen LogP contribution is 2.45. The lowest BCUT2D eigenvalue weighted by Crippen LogP contribution is -1.82. The highest BCUT2D eigenvalue weighted by molar-refractivity contribution is 7.99. The van der Waals surface area contributed by atoms with Crippen molar-refractivity contribution in [3.05, 3.63) is 48.5 Å². The van der Waals surface area contributed by atoms with Gasteiger partial charge in [0.05, 0.1) is 0 Å². The smallest absolute Gasteiger partial charge is 0.144 e. The summed E-state index contributed by atoms with van der Waals surface area (Å²) in [6.45, 7) is 0. The molecular weight excluding hydrogens is 244 g/mol. The largest absolute Gasteiger partial charge is 0.243 e. The molecule has 2 aromatic carbocycles. The molecule has 4 heteroatoms. The SMILES string of the molecule is c1ccc2c(c1)Sc1ccccc1-c1nonc1-2. The Morgan fingerprint density at radius 2 is 1.22 bits per heavy atom. The number of rotatable bonds is 0. The molecule has 0 bridgehead atoms. The van der Waals surface area contributed by atoms with Crippen LogP contribution in [0.5, 0.6) is 0 Å². The predicted octanol–water partition coefficient (Wildman–Crippen LogP) is 3.87. The molecule has 3 nitrogen and oxygen atoms in total. The molecular formula is C14H8N2OS. The summed E-state index contributed by atoms with van der Waals surface area (Å²) in [6.07, 6.45) is 0. The topological polar surface area (TPSA) is 38.9 Å². The Hall–Kier alpha value is -2.07. The molecule has 1 aromatic heterocycles. The van der Waals surface area contributed by atoms with Crippen LogP contribution in [0.4, 0.5) is 0 Å². The first-order valence-corrected chi connectivity index (χ1v) is 6.44. The zero-order valence-corrected chi connectivity index (χ0v) is 10.1. The van der Waals surface area contributed by atoms with Crippen molar-refractivity contribution in [1.29, 1.82) is 0 Å². The minimum atomic E-state index is 0.822. The highest BCUT2D eigenvalue weighted by Gasteiger charge is 2.23. The quantitative estimate of drug-likeness (QED) is 0.476. The minimum Gasteiger partial charge on any atom is -0.243 e. The molecule has 3 aromatic rings. The lowest BCUT2D eigenvalue weighted by atomic mass is 10.1. The number of benzene rings is 2. The van der Waals surface area contributed by atoms with Gasteiger partial charge in [-0.25, -0.2) is 4.63 Å². The Kier molecular flexibility index (Phi) is 2.04. The van der Waals surface area contributed by atoms with Crippen molar-refractivity contribution in [1.82, 2.24) is 10.3 Å². The fraction of sp³-hybridized carbons (Fsp3) is 0. The van der Waals surface area contributed by atoms with E-state index in [0.29, 0.717) is 0 Å². The zero-order valence-electron chi connectivity index (χ0n) is 9.33. The molecule has 0 spiro atoms. The van der Waals surface area contributed by atoms with Crippen LogP contribution in [0.3, 0.4) is 0 Å². The highest BCUT2D eigenvalue weighted by atomic mass is 32.2. The molecule has 1 aliphatic rings. The maximum Gasteiger partial charge on any atom is 0.144 e. The third kappa shape index (κ3) is 1.32. The van der Waals surface area contributed by atoms with E-state index in [1.165, 1.54) is 9.79 Å². The summed E-state index contributed by atoms with van der Waals surface area (Å²) in [4.78, 5) is 2.36. The maximum absolute atomic E-state index is 4.93. The van der Waals surface area contributed by atoms with Gasteiger partial charge in [0.25, 0.3) is 0 Å². The van der Waals surface area contributed by atoms with Gasteiger partial charge in [-0.05, 0) is 22.4 Å².